The van der Waals surface area contributed by atoms with Gasteiger partial charge in [0.2, 0.25) is 5.91 Å². The van der Waals surface area contributed by atoms with Crippen LogP contribution >= 0.6 is 11.3 Å². The topological polar surface area (TPSA) is 32.8 Å². The van der Waals surface area contributed by atoms with E-state index in [-0.39, 0.29) is 18.1 Å². The van der Waals surface area contributed by atoms with Crippen molar-refractivity contribution in [1.82, 2.24) is 9.80 Å². The monoisotopic (exact) mass is 306 g/mol. The molecule has 1 amide bonds. The Labute approximate surface area is 130 Å². The van der Waals surface area contributed by atoms with Crippen LogP contribution in [0.4, 0.5) is 0 Å². The van der Waals surface area contributed by atoms with E-state index in [9.17, 15) is 4.79 Å². The predicted molar refractivity (Wildman–Crippen MR) is 84.3 cm³/mol. The maximum Gasteiger partial charge on any atom is 0.248 e. The highest BCUT2D eigenvalue weighted by Crippen LogP contribution is 2.31. The van der Waals surface area contributed by atoms with E-state index in [0.29, 0.717) is 13.1 Å². The number of thiophene rings is 1. The Balaban J connectivity index is 1.56. The molecule has 1 spiro atoms. The van der Waals surface area contributed by atoms with E-state index in [1.807, 2.05) is 16.2 Å². The van der Waals surface area contributed by atoms with Crippen LogP contribution < -0.4 is 0 Å². The van der Waals surface area contributed by atoms with Crippen LogP contribution in [0.25, 0.3) is 0 Å². The SMILES string of the molecule is C=CCN1CC2(CCN(Cc3cccs3)CC2)OCC1=O. The van der Waals surface area contributed by atoms with Crippen LogP contribution in [0.15, 0.2) is 30.2 Å². The molecule has 0 unspecified atom stereocenters. The third-order valence-corrected chi connectivity index (χ3v) is 5.27. The number of carbonyl (C=O) groups is 1. The quantitative estimate of drug-likeness (QED) is 0.799. The number of ether oxygens (including phenoxy) is 1. The van der Waals surface area contributed by atoms with Gasteiger partial charge in [-0.2, -0.15) is 0 Å². The normalized spacial score (nSPS) is 22.7. The molecule has 0 aliphatic carbocycles. The zero-order valence-corrected chi connectivity index (χ0v) is 13.1. The molecule has 0 N–H and O–H groups in total. The molecular formula is C16H22N2O2S. The van der Waals surface area contributed by atoms with Gasteiger partial charge in [-0.25, -0.2) is 0 Å². The molecule has 0 atom stereocenters. The van der Waals surface area contributed by atoms with Gasteiger partial charge >= 0.3 is 0 Å². The van der Waals surface area contributed by atoms with Gasteiger partial charge in [-0.1, -0.05) is 12.1 Å². The molecule has 2 aliphatic rings. The Kier molecular flexibility index (Phi) is 4.42. The van der Waals surface area contributed by atoms with Gasteiger partial charge in [0.25, 0.3) is 0 Å². The fraction of sp³-hybridized carbons (Fsp3) is 0.562. The largest absolute Gasteiger partial charge is 0.363 e. The van der Waals surface area contributed by atoms with Crippen LogP contribution in [-0.4, -0.2) is 54.1 Å². The lowest BCUT2D eigenvalue weighted by Crippen LogP contribution is -2.58. The minimum Gasteiger partial charge on any atom is -0.363 e. The maximum absolute atomic E-state index is 11.8. The first-order valence-corrected chi connectivity index (χ1v) is 8.36. The second-order valence-electron chi connectivity index (χ2n) is 5.89. The Hall–Kier alpha value is -1.17. The van der Waals surface area contributed by atoms with Crippen LogP contribution in [-0.2, 0) is 16.1 Å². The molecular weight excluding hydrogens is 284 g/mol. The van der Waals surface area contributed by atoms with Crippen molar-refractivity contribution >= 4 is 17.2 Å². The highest BCUT2D eigenvalue weighted by molar-refractivity contribution is 7.09. The average molecular weight is 306 g/mol. The van der Waals surface area contributed by atoms with E-state index >= 15 is 0 Å². The van der Waals surface area contributed by atoms with E-state index in [2.05, 4.69) is 29.0 Å². The Morgan fingerprint density at radius 1 is 1.43 bits per heavy atom. The fourth-order valence-corrected chi connectivity index (χ4v) is 3.90. The molecule has 1 aromatic heterocycles. The number of hydrogen-bond acceptors (Lipinski definition) is 4. The van der Waals surface area contributed by atoms with Crippen LogP contribution in [0.2, 0.25) is 0 Å². The molecule has 3 rings (SSSR count). The third kappa shape index (κ3) is 3.36. The fourth-order valence-electron chi connectivity index (χ4n) is 3.15. The van der Waals surface area contributed by atoms with Gasteiger partial charge in [-0.15, -0.1) is 17.9 Å². The summed E-state index contributed by atoms with van der Waals surface area (Å²) in [6, 6.07) is 4.30. The van der Waals surface area contributed by atoms with Gasteiger partial charge in [0.05, 0.1) is 12.1 Å². The average Bonchev–Trinajstić information content (AvgIpc) is 2.99. The summed E-state index contributed by atoms with van der Waals surface area (Å²) < 4.78 is 5.93. The van der Waals surface area contributed by atoms with Gasteiger partial charge < -0.3 is 9.64 Å². The first-order valence-electron chi connectivity index (χ1n) is 7.48. The first kappa shape index (κ1) is 14.8. The summed E-state index contributed by atoms with van der Waals surface area (Å²) in [5.74, 6) is 0.0848. The number of carbonyl (C=O) groups excluding carboxylic acids is 1. The van der Waals surface area contributed by atoms with Crippen molar-refractivity contribution in [3.8, 4) is 0 Å². The Morgan fingerprint density at radius 2 is 2.24 bits per heavy atom. The van der Waals surface area contributed by atoms with Gasteiger partial charge in [0.1, 0.15) is 6.61 Å². The van der Waals surface area contributed by atoms with Gasteiger partial charge in [0, 0.05) is 31.1 Å². The number of hydrogen-bond donors (Lipinski definition) is 0. The number of piperidine rings is 1. The molecule has 0 radical (unpaired) electrons. The summed E-state index contributed by atoms with van der Waals surface area (Å²) in [6.07, 6.45) is 3.79. The number of morpholine rings is 1. The lowest BCUT2D eigenvalue weighted by molar-refractivity contribution is -0.170. The standard InChI is InChI=1S/C16H22N2O2S/c1-2-7-18-13-16(20-12-15(18)19)5-8-17(9-6-16)11-14-4-3-10-21-14/h2-4,10H,1,5-9,11-13H2. The molecule has 21 heavy (non-hydrogen) atoms. The summed E-state index contributed by atoms with van der Waals surface area (Å²) >= 11 is 1.81. The van der Waals surface area contributed by atoms with Crippen molar-refractivity contribution in [2.24, 2.45) is 0 Å². The van der Waals surface area contributed by atoms with Crippen molar-refractivity contribution in [3.05, 3.63) is 35.0 Å². The third-order valence-electron chi connectivity index (χ3n) is 4.41. The van der Waals surface area contributed by atoms with Crippen LogP contribution in [0.5, 0.6) is 0 Å². The van der Waals surface area contributed by atoms with E-state index in [1.165, 1.54) is 4.88 Å². The minimum atomic E-state index is -0.136. The van der Waals surface area contributed by atoms with Crippen molar-refractivity contribution in [3.63, 3.8) is 0 Å². The van der Waals surface area contributed by atoms with E-state index in [0.717, 1.165) is 32.5 Å². The Morgan fingerprint density at radius 3 is 2.90 bits per heavy atom. The van der Waals surface area contributed by atoms with Crippen molar-refractivity contribution in [2.75, 3.05) is 32.8 Å². The zero-order valence-electron chi connectivity index (χ0n) is 12.3. The molecule has 3 heterocycles. The number of rotatable bonds is 4. The summed E-state index contributed by atoms with van der Waals surface area (Å²) in [4.78, 5) is 17.6. The van der Waals surface area contributed by atoms with Crippen LogP contribution in [0.3, 0.4) is 0 Å². The number of amides is 1. The molecule has 0 bridgehead atoms. The highest BCUT2D eigenvalue weighted by Gasteiger charge is 2.41. The highest BCUT2D eigenvalue weighted by atomic mass is 32.1. The Bertz CT molecular complexity index is 492. The molecule has 2 aliphatic heterocycles. The van der Waals surface area contributed by atoms with Gasteiger partial charge in [0.15, 0.2) is 0 Å². The maximum atomic E-state index is 11.8. The molecule has 2 fully saturated rings. The van der Waals surface area contributed by atoms with Crippen LogP contribution in [0, 0.1) is 0 Å². The number of nitrogens with zero attached hydrogens (tertiary/aromatic N) is 2. The smallest absolute Gasteiger partial charge is 0.248 e. The van der Waals surface area contributed by atoms with Gasteiger partial charge in [-0.3, -0.25) is 9.69 Å². The van der Waals surface area contributed by atoms with E-state index < -0.39 is 0 Å². The van der Waals surface area contributed by atoms with Crippen molar-refractivity contribution in [1.29, 1.82) is 0 Å². The minimum absolute atomic E-state index is 0.0848. The van der Waals surface area contributed by atoms with Crippen molar-refractivity contribution in [2.45, 2.75) is 25.0 Å². The molecule has 114 valence electrons. The lowest BCUT2D eigenvalue weighted by Gasteiger charge is -2.46. The molecule has 1 aromatic rings. The second kappa shape index (κ2) is 6.30. The molecule has 5 heteroatoms. The zero-order chi connectivity index (χ0) is 14.7. The number of likely N-dealkylation sites (tertiary alicyclic amines) is 1. The molecule has 2 saturated heterocycles. The molecule has 0 aromatic carbocycles. The summed E-state index contributed by atoms with van der Waals surface area (Å²) in [7, 11) is 0. The lowest BCUT2D eigenvalue weighted by atomic mass is 9.89. The predicted octanol–water partition coefficient (Wildman–Crippen LogP) is 2.13. The van der Waals surface area contributed by atoms with Crippen molar-refractivity contribution < 1.29 is 9.53 Å². The van der Waals surface area contributed by atoms with E-state index in [4.69, 9.17) is 4.74 Å². The van der Waals surface area contributed by atoms with E-state index in [1.54, 1.807) is 6.08 Å². The molecule has 4 nitrogen and oxygen atoms in total. The van der Waals surface area contributed by atoms with Crippen LogP contribution in [0.1, 0.15) is 17.7 Å². The van der Waals surface area contributed by atoms with Gasteiger partial charge in [-0.05, 0) is 24.3 Å². The first-order chi connectivity index (χ1) is 10.2. The summed E-state index contributed by atoms with van der Waals surface area (Å²) in [5, 5.41) is 2.13. The molecule has 0 saturated carbocycles. The summed E-state index contributed by atoms with van der Waals surface area (Å²) in [6.45, 7) is 8.40. The second-order valence-corrected chi connectivity index (χ2v) is 6.92. The summed E-state index contributed by atoms with van der Waals surface area (Å²) in [5.41, 5.74) is -0.136.